The van der Waals surface area contributed by atoms with Gasteiger partial charge in [-0.05, 0) is 6.42 Å². The third-order valence-electron chi connectivity index (χ3n) is 2.91. The lowest BCUT2D eigenvalue weighted by molar-refractivity contribution is 0.481. The van der Waals surface area contributed by atoms with Crippen molar-refractivity contribution in [3.8, 4) is 0 Å². The molecule has 28 heavy (non-hydrogen) atoms. The van der Waals surface area contributed by atoms with Crippen LogP contribution in [0.25, 0.3) is 0 Å². The van der Waals surface area contributed by atoms with E-state index in [9.17, 15) is 25.3 Å². The Kier molecular flexibility index (Phi) is 8.89. The molecule has 0 unspecified atom stereocenters. The van der Waals surface area contributed by atoms with E-state index in [0.717, 1.165) is 6.26 Å². The van der Waals surface area contributed by atoms with Crippen LogP contribution in [-0.2, 0) is 36.7 Å². The summed E-state index contributed by atoms with van der Waals surface area (Å²) >= 11 is 0. The van der Waals surface area contributed by atoms with Gasteiger partial charge in [0.1, 0.15) is 5.82 Å². The van der Waals surface area contributed by atoms with Crippen molar-refractivity contribution >= 4 is 42.2 Å². The summed E-state index contributed by atoms with van der Waals surface area (Å²) in [5.41, 5.74) is 0. The summed E-state index contributed by atoms with van der Waals surface area (Å²) in [4.78, 5) is 12.0. The summed E-state index contributed by atoms with van der Waals surface area (Å²) in [5, 5.41) is 5.17. The maximum absolute atomic E-state index is 11.0. The Bertz CT molecular complexity index is 908. The van der Waals surface area contributed by atoms with Crippen molar-refractivity contribution in [1.82, 2.24) is 19.7 Å². The first-order valence-corrected chi connectivity index (χ1v) is 12.9. The van der Waals surface area contributed by atoms with E-state index < -0.39 is 41.8 Å². The maximum atomic E-state index is 11.0. The summed E-state index contributed by atoms with van der Waals surface area (Å²) < 4.78 is 84.9. The third-order valence-corrected chi connectivity index (χ3v) is 5.08. The number of anilines is 2. The van der Waals surface area contributed by atoms with E-state index >= 15 is 0 Å². The SMILES string of the molecule is CS(=O)(=O)NCCCc1nc(NCCS(=O)(=O)O)nc(NCCS(=O)(=O)O)n1. The van der Waals surface area contributed by atoms with Crippen LogP contribution in [0.1, 0.15) is 12.2 Å². The van der Waals surface area contributed by atoms with E-state index in [1.807, 2.05) is 0 Å². The van der Waals surface area contributed by atoms with Crippen LogP contribution in [0.5, 0.6) is 0 Å². The predicted molar refractivity (Wildman–Crippen MR) is 101 cm³/mol. The molecule has 0 aliphatic carbocycles. The van der Waals surface area contributed by atoms with E-state index in [1.165, 1.54) is 0 Å². The Morgan fingerprint density at radius 3 is 1.64 bits per heavy atom. The smallest absolute Gasteiger partial charge is 0.266 e. The molecule has 1 rings (SSSR count). The van der Waals surface area contributed by atoms with Crippen molar-refractivity contribution in [1.29, 1.82) is 0 Å². The minimum absolute atomic E-state index is 0.0286. The molecule has 0 bridgehead atoms. The molecule has 162 valence electrons. The van der Waals surface area contributed by atoms with Gasteiger partial charge >= 0.3 is 0 Å². The summed E-state index contributed by atoms with van der Waals surface area (Å²) in [5.74, 6) is -0.998. The lowest BCUT2D eigenvalue weighted by atomic mass is 10.3. The summed E-state index contributed by atoms with van der Waals surface area (Å²) in [6.07, 6.45) is 1.61. The monoisotopic (exact) mass is 462 g/mol. The first kappa shape index (κ1) is 24.4. The van der Waals surface area contributed by atoms with Crippen LogP contribution >= 0.6 is 0 Å². The molecule has 1 aromatic heterocycles. The van der Waals surface area contributed by atoms with Crippen molar-refractivity contribution in [3.05, 3.63) is 5.82 Å². The van der Waals surface area contributed by atoms with Gasteiger partial charge < -0.3 is 10.6 Å². The molecular weight excluding hydrogens is 440 g/mol. The Labute approximate surface area is 163 Å². The molecule has 1 heterocycles. The van der Waals surface area contributed by atoms with Gasteiger partial charge in [0.2, 0.25) is 21.9 Å². The zero-order valence-corrected chi connectivity index (χ0v) is 17.3. The fourth-order valence-electron chi connectivity index (χ4n) is 1.78. The van der Waals surface area contributed by atoms with Crippen molar-refractivity contribution in [2.75, 3.05) is 48.0 Å². The van der Waals surface area contributed by atoms with Crippen LogP contribution < -0.4 is 15.4 Å². The van der Waals surface area contributed by atoms with E-state index in [0.29, 0.717) is 6.42 Å². The standard InChI is InChI=1S/C11H22N6O8S3/c1-26(18,19)14-4-2-3-9-15-10(12-5-7-27(20,21)22)17-11(16-9)13-6-8-28(23,24)25/h14H,2-8H2,1H3,(H,20,21,22)(H,23,24,25)(H2,12,13,15,16,17). The number of nitrogens with zero attached hydrogens (tertiary/aromatic N) is 3. The Morgan fingerprint density at radius 2 is 1.25 bits per heavy atom. The topological polar surface area (TPSA) is 218 Å². The molecule has 0 saturated carbocycles. The minimum atomic E-state index is -4.19. The number of hydrogen-bond donors (Lipinski definition) is 5. The number of nitrogens with one attached hydrogen (secondary N) is 3. The molecule has 0 aliphatic heterocycles. The first-order chi connectivity index (χ1) is 12.7. The number of sulfonamides is 1. The quantitative estimate of drug-likeness (QED) is 0.158. The van der Waals surface area contributed by atoms with Crippen LogP contribution in [0.15, 0.2) is 0 Å². The van der Waals surface area contributed by atoms with Gasteiger partial charge in [0.25, 0.3) is 20.2 Å². The van der Waals surface area contributed by atoms with Gasteiger partial charge in [0, 0.05) is 26.1 Å². The maximum Gasteiger partial charge on any atom is 0.266 e. The van der Waals surface area contributed by atoms with Crippen LogP contribution in [0.3, 0.4) is 0 Å². The molecule has 0 radical (unpaired) electrons. The summed E-state index contributed by atoms with van der Waals surface area (Å²) in [6, 6.07) is 0. The van der Waals surface area contributed by atoms with Gasteiger partial charge in [-0.3, -0.25) is 9.11 Å². The molecule has 14 nitrogen and oxygen atoms in total. The van der Waals surface area contributed by atoms with E-state index in [1.54, 1.807) is 0 Å². The molecule has 0 spiro atoms. The molecule has 0 fully saturated rings. The van der Waals surface area contributed by atoms with Crippen LogP contribution in [0.2, 0.25) is 0 Å². The van der Waals surface area contributed by atoms with Crippen molar-refractivity contribution in [3.63, 3.8) is 0 Å². The zero-order chi connectivity index (χ0) is 21.4. The van der Waals surface area contributed by atoms with Crippen molar-refractivity contribution < 1.29 is 34.4 Å². The highest BCUT2D eigenvalue weighted by Crippen LogP contribution is 2.07. The summed E-state index contributed by atoms with van der Waals surface area (Å²) in [7, 11) is -11.7. The summed E-state index contributed by atoms with van der Waals surface area (Å²) in [6.45, 7) is -0.244. The lowest BCUT2D eigenvalue weighted by Crippen LogP contribution is -2.23. The second kappa shape index (κ2) is 10.2. The number of aryl methyl sites for hydroxylation is 1. The molecule has 0 saturated heterocycles. The Hall–Kier alpha value is -1.66. The van der Waals surface area contributed by atoms with Crippen LogP contribution in [0, 0.1) is 0 Å². The zero-order valence-electron chi connectivity index (χ0n) is 14.9. The van der Waals surface area contributed by atoms with Crippen molar-refractivity contribution in [2.24, 2.45) is 0 Å². The predicted octanol–water partition coefficient (Wildman–Crippen LogP) is -2.05. The van der Waals surface area contributed by atoms with E-state index in [2.05, 4.69) is 30.3 Å². The van der Waals surface area contributed by atoms with Crippen LogP contribution in [0.4, 0.5) is 11.9 Å². The molecular formula is C11H22N6O8S3. The van der Waals surface area contributed by atoms with Crippen LogP contribution in [-0.4, -0.2) is 86.7 Å². The van der Waals surface area contributed by atoms with Gasteiger partial charge in [-0.2, -0.15) is 31.8 Å². The molecule has 0 aliphatic rings. The number of hydrogen-bond acceptors (Lipinski definition) is 11. The van der Waals surface area contributed by atoms with Gasteiger partial charge in [-0.25, -0.2) is 13.1 Å². The van der Waals surface area contributed by atoms with Gasteiger partial charge in [-0.15, -0.1) is 0 Å². The minimum Gasteiger partial charge on any atom is -0.353 e. The number of rotatable bonds is 13. The second-order valence-corrected chi connectivity index (χ2v) is 10.6. The molecule has 0 amide bonds. The average Bonchev–Trinajstić information content (AvgIpc) is 2.48. The third kappa shape index (κ3) is 12.7. The van der Waals surface area contributed by atoms with E-state index in [4.69, 9.17) is 9.11 Å². The molecule has 0 atom stereocenters. The normalized spacial score (nSPS) is 12.7. The van der Waals surface area contributed by atoms with Gasteiger partial charge in [-0.1, -0.05) is 0 Å². The second-order valence-electron chi connectivity index (χ2n) is 5.59. The molecule has 0 aromatic carbocycles. The molecule has 1 aromatic rings. The number of aromatic nitrogens is 3. The molecule has 5 N–H and O–H groups in total. The highest BCUT2D eigenvalue weighted by molar-refractivity contribution is 7.88. The fraction of sp³-hybridized carbons (Fsp3) is 0.727. The lowest BCUT2D eigenvalue weighted by Gasteiger charge is -2.10. The largest absolute Gasteiger partial charge is 0.353 e. The average molecular weight is 463 g/mol. The van der Waals surface area contributed by atoms with Crippen molar-refractivity contribution in [2.45, 2.75) is 12.8 Å². The Morgan fingerprint density at radius 1 is 0.786 bits per heavy atom. The fourth-order valence-corrected chi connectivity index (χ4v) is 3.01. The van der Waals surface area contributed by atoms with Gasteiger partial charge in [0.15, 0.2) is 0 Å². The Balaban J connectivity index is 2.80. The van der Waals surface area contributed by atoms with E-state index in [-0.39, 0.29) is 43.8 Å². The highest BCUT2D eigenvalue weighted by Gasteiger charge is 2.10. The molecule has 17 heteroatoms. The first-order valence-electron chi connectivity index (χ1n) is 7.81. The van der Waals surface area contributed by atoms with Gasteiger partial charge in [0.05, 0.1) is 17.8 Å². The highest BCUT2D eigenvalue weighted by atomic mass is 32.2.